The fraction of sp³-hybridized carbons (Fsp3) is 0.364. The molecule has 15 heavy (non-hydrogen) atoms. The van der Waals surface area contributed by atoms with Crippen LogP contribution >= 0.6 is 0 Å². The highest BCUT2D eigenvalue weighted by Gasteiger charge is 2.21. The fourth-order valence-electron chi connectivity index (χ4n) is 1.32. The van der Waals surface area contributed by atoms with Gasteiger partial charge in [0.15, 0.2) is 0 Å². The molecule has 1 amide bonds. The molecular formula is C11H12FNO2. The average Bonchev–Trinajstić information content (AvgIpc) is 2.15. The molecule has 4 heteroatoms. The Morgan fingerprint density at radius 1 is 1.53 bits per heavy atom. The zero-order valence-corrected chi connectivity index (χ0v) is 8.42. The van der Waals surface area contributed by atoms with E-state index in [1.807, 2.05) is 0 Å². The Morgan fingerprint density at radius 2 is 2.27 bits per heavy atom. The highest BCUT2D eigenvalue weighted by Crippen LogP contribution is 2.10. The monoisotopic (exact) mass is 209 g/mol. The minimum Gasteiger partial charge on any atom is -0.377 e. The van der Waals surface area contributed by atoms with Crippen molar-refractivity contribution < 1.29 is 13.9 Å². The second-order valence-corrected chi connectivity index (χ2v) is 3.67. The molecule has 1 aliphatic rings. The predicted octanol–water partition coefficient (Wildman–Crippen LogP) is 1.26. The van der Waals surface area contributed by atoms with E-state index in [2.05, 4.69) is 5.32 Å². The average molecular weight is 209 g/mol. The molecule has 0 aromatic heterocycles. The van der Waals surface area contributed by atoms with Gasteiger partial charge in [-0.25, -0.2) is 4.39 Å². The van der Waals surface area contributed by atoms with Crippen molar-refractivity contribution in [3.8, 4) is 0 Å². The lowest BCUT2D eigenvalue weighted by Gasteiger charge is -2.26. The number of carbonyl (C=O) groups is 1. The lowest BCUT2D eigenvalue weighted by Crippen LogP contribution is -2.48. The molecule has 1 fully saturated rings. The first-order chi connectivity index (χ1) is 7.16. The maximum absolute atomic E-state index is 13.2. The molecule has 1 aromatic carbocycles. The predicted molar refractivity (Wildman–Crippen MR) is 53.2 cm³/mol. The second kappa shape index (κ2) is 3.98. The van der Waals surface area contributed by atoms with Crippen molar-refractivity contribution in [1.82, 2.24) is 5.32 Å². The van der Waals surface area contributed by atoms with Crippen molar-refractivity contribution in [3.05, 3.63) is 35.1 Å². The first-order valence-electron chi connectivity index (χ1n) is 4.81. The Kier molecular flexibility index (Phi) is 2.68. The summed E-state index contributed by atoms with van der Waals surface area (Å²) in [5, 5.41) is 2.75. The fourth-order valence-corrected chi connectivity index (χ4v) is 1.32. The Balaban J connectivity index is 2.07. The zero-order valence-electron chi connectivity index (χ0n) is 8.42. The van der Waals surface area contributed by atoms with E-state index in [-0.39, 0.29) is 17.8 Å². The van der Waals surface area contributed by atoms with E-state index < -0.39 is 0 Å². The van der Waals surface area contributed by atoms with E-state index in [9.17, 15) is 9.18 Å². The normalized spacial score (nSPS) is 15.9. The largest absolute Gasteiger partial charge is 0.377 e. The molecule has 0 bridgehead atoms. The van der Waals surface area contributed by atoms with Crippen molar-refractivity contribution in [2.45, 2.75) is 13.0 Å². The molecule has 80 valence electrons. The van der Waals surface area contributed by atoms with E-state index in [4.69, 9.17) is 4.74 Å². The van der Waals surface area contributed by atoms with E-state index in [1.165, 1.54) is 6.07 Å². The summed E-state index contributed by atoms with van der Waals surface area (Å²) in [5.41, 5.74) is 0.892. The lowest BCUT2D eigenvalue weighted by molar-refractivity contribution is -0.00346. The first-order valence-corrected chi connectivity index (χ1v) is 4.81. The van der Waals surface area contributed by atoms with Crippen LogP contribution in [0.4, 0.5) is 4.39 Å². The molecule has 0 spiro atoms. The minimum absolute atomic E-state index is 0.0712. The summed E-state index contributed by atoms with van der Waals surface area (Å²) in [6, 6.07) is 4.54. The SMILES string of the molecule is Cc1ccc(C(=O)NC2COC2)cc1F. The molecule has 0 unspecified atom stereocenters. The molecule has 1 aromatic rings. The van der Waals surface area contributed by atoms with Gasteiger partial charge in [-0.3, -0.25) is 4.79 Å². The number of ether oxygens (including phenoxy) is 1. The molecule has 3 nitrogen and oxygen atoms in total. The molecule has 1 aliphatic heterocycles. The number of rotatable bonds is 2. The number of carbonyl (C=O) groups excluding carboxylic acids is 1. The van der Waals surface area contributed by atoms with Gasteiger partial charge in [-0.2, -0.15) is 0 Å². The van der Waals surface area contributed by atoms with Crippen LogP contribution in [-0.2, 0) is 4.74 Å². The van der Waals surface area contributed by atoms with Gasteiger partial charge in [0.2, 0.25) is 0 Å². The van der Waals surface area contributed by atoms with E-state index in [0.717, 1.165) is 0 Å². The number of aryl methyl sites for hydroxylation is 1. The standard InChI is InChI=1S/C11H12FNO2/c1-7-2-3-8(4-10(7)12)11(14)13-9-5-15-6-9/h2-4,9H,5-6H2,1H3,(H,13,14). The quantitative estimate of drug-likeness (QED) is 0.796. The summed E-state index contributed by atoms with van der Waals surface area (Å²) in [6.45, 7) is 2.75. The van der Waals surface area contributed by atoms with Crippen LogP contribution in [0.25, 0.3) is 0 Å². The zero-order chi connectivity index (χ0) is 10.8. The number of benzene rings is 1. The van der Waals surface area contributed by atoms with Gasteiger partial charge in [0, 0.05) is 5.56 Å². The smallest absolute Gasteiger partial charge is 0.251 e. The molecule has 0 radical (unpaired) electrons. The van der Waals surface area contributed by atoms with Crippen LogP contribution in [0.5, 0.6) is 0 Å². The highest BCUT2D eigenvalue weighted by atomic mass is 19.1. The number of halogens is 1. The summed E-state index contributed by atoms with van der Waals surface area (Å²) in [4.78, 5) is 11.6. The molecule has 0 aliphatic carbocycles. The van der Waals surface area contributed by atoms with Crippen LogP contribution in [0.15, 0.2) is 18.2 Å². The van der Waals surface area contributed by atoms with Gasteiger partial charge in [-0.15, -0.1) is 0 Å². The third-order valence-corrected chi connectivity index (χ3v) is 2.41. The Morgan fingerprint density at radius 3 is 2.80 bits per heavy atom. The van der Waals surface area contributed by atoms with Crippen LogP contribution < -0.4 is 5.32 Å². The van der Waals surface area contributed by atoms with Crippen LogP contribution in [0.1, 0.15) is 15.9 Å². The highest BCUT2D eigenvalue weighted by molar-refractivity contribution is 5.94. The summed E-state index contributed by atoms with van der Waals surface area (Å²) in [7, 11) is 0. The Labute approximate surface area is 87.2 Å². The Hall–Kier alpha value is -1.42. The molecule has 2 rings (SSSR count). The van der Waals surface area contributed by atoms with Crippen molar-refractivity contribution in [3.63, 3.8) is 0 Å². The van der Waals surface area contributed by atoms with Crippen molar-refractivity contribution in [1.29, 1.82) is 0 Å². The van der Waals surface area contributed by atoms with E-state index >= 15 is 0 Å². The molecule has 0 saturated carbocycles. The number of amides is 1. The van der Waals surface area contributed by atoms with Gasteiger partial charge < -0.3 is 10.1 Å². The van der Waals surface area contributed by atoms with Gasteiger partial charge in [0.05, 0.1) is 19.3 Å². The van der Waals surface area contributed by atoms with Crippen LogP contribution in [0.3, 0.4) is 0 Å². The second-order valence-electron chi connectivity index (χ2n) is 3.67. The molecule has 1 heterocycles. The van der Waals surface area contributed by atoms with Gasteiger partial charge in [-0.1, -0.05) is 6.07 Å². The maximum Gasteiger partial charge on any atom is 0.251 e. The minimum atomic E-state index is -0.354. The van der Waals surface area contributed by atoms with Crippen LogP contribution in [-0.4, -0.2) is 25.2 Å². The van der Waals surface area contributed by atoms with Gasteiger partial charge >= 0.3 is 0 Å². The number of nitrogens with one attached hydrogen (secondary N) is 1. The van der Waals surface area contributed by atoms with Crippen molar-refractivity contribution in [2.75, 3.05) is 13.2 Å². The maximum atomic E-state index is 13.2. The number of hydrogen-bond acceptors (Lipinski definition) is 2. The Bertz CT molecular complexity index is 388. The third kappa shape index (κ3) is 2.15. The van der Waals surface area contributed by atoms with Gasteiger partial charge in [0.1, 0.15) is 5.82 Å². The summed E-state index contributed by atoms with van der Waals surface area (Å²) in [5.74, 6) is -0.602. The molecule has 1 N–H and O–H groups in total. The van der Waals surface area contributed by atoms with Crippen molar-refractivity contribution >= 4 is 5.91 Å². The molecule has 0 atom stereocenters. The first kappa shape index (κ1) is 10.1. The van der Waals surface area contributed by atoms with E-state index in [1.54, 1.807) is 19.1 Å². The summed E-state index contributed by atoms with van der Waals surface area (Å²) >= 11 is 0. The number of hydrogen-bond donors (Lipinski definition) is 1. The van der Waals surface area contributed by atoms with Gasteiger partial charge in [-0.05, 0) is 24.6 Å². The van der Waals surface area contributed by atoms with Gasteiger partial charge in [0.25, 0.3) is 5.91 Å². The molecular weight excluding hydrogens is 197 g/mol. The lowest BCUT2D eigenvalue weighted by atomic mass is 10.1. The third-order valence-electron chi connectivity index (χ3n) is 2.41. The summed E-state index contributed by atoms with van der Waals surface area (Å²) in [6.07, 6.45) is 0. The van der Waals surface area contributed by atoms with E-state index in [0.29, 0.717) is 24.3 Å². The van der Waals surface area contributed by atoms with Crippen LogP contribution in [0, 0.1) is 12.7 Å². The molecule has 1 saturated heterocycles. The van der Waals surface area contributed by atoms with Crippen LogP contribution in [0.2, 0.25) is 0 Å². The summed E-state index contributed by atoms with van der Waals surface area (Å²) < 4.78 is 18.1. The van der Waals surface area contributed by atoms with Crippen molar-refractivity contribution in [2.24, 2.45) is 0 Å². The topological polar surface area (TPSA) is 38.3 Å².